The van der Waals surface area contributed by atoms with Gasteiger partial charge in [-0.3, -0.25) is 0 Å². The molecule has 2 aliphatic rings. The van der Waals surface area contributed by atoms with E-state index in [0.29, 0.717) is 16.7 Å². The molecule has 2 bridgehead atoms. The van der Waals surface area contributed by atoms with Crippen LogP contribution in [0.15, 0.2) is 0 Å². The highest BCUT2D eigenvalue weighted by Crippen LogP contribution is 2.51. The van der Waals surface area contributed by atoms with E-state index in [0.717, 1.165) is 12.8 Å². The maximum Gasteiger partial charge on any atom is 0.0659 e. The van der Waals surface area contributed by atoms with Crippen LogP contribution in [-0.2, 0) is 0 Å². The Hall–Kier alpha value is -0.0700. The highest BCUT2D eigenvalue weighted by molar-refractivity contribution is 9.09. The van der Waals surface area contributed by atoms with Gasteiger partial charge in [0.05, 0.1) is 18.1 Å². The van der Waals surface area contributed by atoms with Crippen molar-refractivity contribution in [3.63, 3.8) is 0 Å². The molecular weight excluding hydrogens is 206 g/mol. The number of nitriles is 1. The Kier molecular flexibility index (Phi) is 1.70. The Bertz CT molecular complexity index is 213. The molecule has 5 atom stereocenters. The average Bonchev–Trinajstić information content (AvgIpc) is 2.43. The van der Waals surface area contributed by atoms with Crippen LogP contribution in [0.4, 0.5) is 0 Å². The molecule has 0 aromatic rings. The Balaban J connectivity index is 2.18. The van der Waals surface area contributed by atoms with Crippen LogP contribution in [0.25, 0.3) is 0 Å². The molecule has 2 saturated carbocycles. The zero-order valence-corrected chi connectivity index (χ0v) is 7.66. The molecule has 2 aliphatic carbocycles. The summed E-state index contributed by atoms with van der Waals surface area (Å²) in [6.07, 6.45) is 1.55. The molecule has 60 valence electrons. The van der Waals surface area contributed by atoms with E-state index >= 15 is 0 Å². The van der Waals surface area contributed by atoms with Crippen molar-refractivity contribution in [3.05, 3.63) is 0 Å². The van der Waals surface area contributed by atoms with Gasteiger partial charge in [-0.15, -0.1) is 0 Å². The van der Waals surface area contributed by atoms with Gasteiger partial charge >= 0.3 is 0 Å². The first-order chi connectivity index (χ1) is 5.24. The van der Waals surface area contributed by atoms with Gasteiger partial charge in [-0.05, 0) is 24.7 Å². The normalized spacial score (nSPS) is 54.5. The topological polar surface area (TPSA) is 44.0 Å². The number of fused-ring (bicyclic) bond motifs is 2. The molecule has 0 aliphatic heterocycles. The quantitative estimate of drug-likeness (QED) is 0.620. The number of aliphatic hydroxyl groups is 1. The Morgan fingerprint density at radius 2 is 2.09 bits per heavy atom. The van der Waals surface area contributed by atoms with Gasteiger partial charge in [-0.25, -0.2) is 0 Å². The molecule has 11 heavy (non-hydrogen) atoms. The van der Waals surface area contributed by atoms with Gasteiger partial charge < -0.3 is 5.11 Å². The van der Waals surface area contributed by atoms with E-state index in [4.69, 9.17) is 5.26 Å². The SMILES string of the molecule is N#CC1CC2C(O)CC1C2Br. The minimum absolute atomic E-state index is 0.158. The molecule has 5 unspecified atom stereocenters. The van der Waals surface area contributed by atoms with Crippen molar-refractivity contribution in [3.8, 4) is 6.07 Å². The molecule has 0 spiro atoms. The number of nitrogens with zero attached hydrogens (tertiary/aromatic N) is 1. The van der Waals surface area contributed by atoms with Crippen molar-refractivity contribution < 1.29 is 5.11 Å². The van der Waals surface area contributed by atoms with Crippen LogP contribution in [-0.4, -0.2) is 16.0 Å². The van der Waals surface area contributed by atoms with Gasteiger partial charge in [0.15, 0.2) is 0 Å². The summed E-state index contributed by atoms with van der Waals surface area (Å²) in [5.74, 6) is 0.928. The molecule has 0 saturated heterocycles. The lowest BCUT2D eigenvalue weighted by Gasteiger charge is -2.18. The summed E-state index contributed by atoms with van der Waals surface area (Å²) in [6, 6.07) is 2.31. The van der Waals surface area contributed by atoms with E-state index in [1.165, 1.54) is 0 Å². The van der Waals surface area contributed by atoms with E-state index in [2.05, 4.69) is 22.0 Å². The predicted molar refractivity (Wildman–Crippen MR) is 44.0 cm³/mol. The Labute approximate surface area is 74.3 Å². The second-order valence-electron chi connectivity index (χ2n) is 3.55. The minimum Gasteiger partial charge on any atom is -0.393 e. The first-order valence-electron chi connectivity index (χ1n) is 3.96. The third-order valence-corrected chi connectivity index (χ3v) is 4.39. The van der Waals surface area contributed by atoms with Crippen molar-refractivity contribution in [2.45, 2.75) is 23.8 Å². The monoisotopic (exact) mass is 215 g/mol. The zero-order valence-electron chi connectivity index (χ0n) is 6.07. The number of hydrogen-bond acceptors (Lipinski definition) is 2. The summed E-state index contributed by atoms with van der Waals surface area (Å²) in [5.41, 5.74) is 0. The van der Waals surface area contributed by atoms with Gasteiger partial charge in [0.1, 0.15) is 0 Å². The first-order valence-corrected chi connectivity index (χ1v) is 4.87. The minimum atomic E-state index is -0.158. The van der Waals surface area contributed by atoms with Crippen LogP contribution in [0.2, 0.25) is 0 Å². The van der Waals surface area contributed by atoms with Gasteiger partial charge in [-0.2, -0.15) is 5.26 Å². The fraction of sp³-hybridized carbons (Fsp3) is 0.875. The Morgan fingerprint density at radius 1 is 1.36 bits per heavy atom. The van der Waals surface area contributed by atoms with E-state index in [-0.39, 0.29) is 12.0 Å². The molecular formula is C8H10BrNO. The summed E-state index contributed by atoms with van der Waals surface area (Å²) in [4.78, 5) is 0.391. The number of rotatable bonds is 0. The first kappa shape index (κ1) is 7.57. The van der Waals surface area contributed by atoms with Gasteiger partial charge in [0.2, 0.25) is 0 Å². The van der Waals surface area contributed by atoms with Crippen LogP contribution in [0.5, 0.6) is 0 Å². The third kappa shape index (κ3) is 0.929. The number of hydrogen-bond donors (Lipinski definition) is 1. The van der Waals surface area contributed by atoms with Crippen LogP contribution in [0, 0.1) is 29.1 Å². The molecule has 2 nitrogen and oxygen atoms in total. The maximum absolute atomic E-state index is 9.46. The maximum atomic E-state index is 9.46. The van der Waals surface area contributed by atoms with E-state index in [9.17, 15) is 5.11 Å². The second-order valence-corrected chi connectivity index (χ2v) is 4.60. The predicted octanol–water partition coefficient (Wildman–Crippen LogP) is 1.29. The van der Waals surface area contributed by atoms with Crippen molar-refractivity contribution in [1.82, 2.24) is 0 Å². The van der Waals surface area contributed by atoms with Crippen LogP contribution in [0.3, 0.4) is 0 Å². The van der Waals surface area contributed by atoms with E-state index in [1.807, 2.05) is 0 Å². The molecule has 2 fully saturated rings. The molecule has 3 heteroatoms. The molecule has 0 radical (unpaired) electrons. The largest absolute Gasteiger partial charge is 0.393 e. The van der Waals surface area contributed by atoms with E-state index < -0.39 is 0 Å². The molecule has 0 aromatic carbocycles. The van der Waals surface area contributed by atoms with Crippen molar-refractivity contribution in [2.75, 3.05) is 0 Å². The van der Waals surface area contributed by atoms with Gasteiger partial charge in [0.25, 0.3) is 0 Å². The molecule has 0 aromatic heterocycles. The third-order valence-electron chi connectivity index (χ3n) is 3.03. The van der Waals surface area contributed by atoms with Gasteiger partial charge in [0, 0.05) is 4.83 Å². The lowest BCUT2D eigenvalue weighted by Crippen LogP contribution is -2.20. The fourth-order valence-electron chi connectivity index (χ4n) is 2.40. The molecule has 1 N–H and O–H groups in total. The average molecular weight is 216 g/mol. The second kappa shape index (κ2) is 2.46. The smallest absolute Gasteiger partial charge is 0.0659 e. The van der Waals surface area contributed by atoms with Crippen LogP contribution < -0.4 is 0 Å². The summed E-state index contributed by atoms with van der Waals surface area (Å²) in [5, 5.41) is 18.2. The number of halogens is 1. The van der Waals surface area contributed by atoms with Crippen LogP contribution in [0.1, 0.15) is 12.8 Å². The standard InChI is InChI=1S/C8H10BrNO/c9-8-5-2-7(11)6(8)1-4(5)3-10/h4-8,11H,1-2H2. The lowest BCUT2D eigenvalue weighted by atomic mass is 9.88. The fourth-order valence-corrected chi connectivity index (χ4v) is 3.56. The van der Waals surface area contributed by atoms with Crippen molar-refractivity contribution in [2.24, 2.45) is 17.8 Å². The van der Waals surface area contributed by atoms with E-state index in [1.54, 1.807) is 0 Å². The highest BCUT2D eigenvalue weighted by Gasteiger charge is 2.51. The lowest BCUT2D eigenvalue weighted by molar-refractivity contribution is 0.105. The molecule has 0 heterocycles. The molecule has 2 rings (SSSR count). The Morgan fingerprint density at radius 3 is 2.45 bits per heavy atom. The van der Waals surface area contributed by atoms with Crippen molar-refractivity contribution >= 4 is 15.9 Å². The summed E-state index contributed by atoms with van der Waals surface area (Å²) >= 11 is 3.54. The van der Waals surface area contributed by atoms with Crippen molar-refractivity contribution in [1.29, 1.82) is 5.26 Å². The summed E-state index contributed by atoms with van der Waals surface area (Å²) < 4.78 is 0. The number of aliphatic hydroxyl groups excluding tert-OH is 1. The zero-order chi connectivity index (χ0) is 8.01. The summed E-state index contributed by atoms with van der Waals surface area (Å²) in [7, 11) is 0. The highest BCUT2D eigenvalue weighted by atomic mass is 79.9. The molecule has 0 amide bonds. The summed E-state index contributed by atoms with van der Waals surface area (Å²) in [6.45, 7) is 0. The van der Waals surface area contributed by atoms with Gasteiger partial charge in [-0.1, -0.05) is 15.9 Å². The number of alkyl halides is 1. The van der Waals surface area contributed by atoms with Crippen LogP contribution >= 0.6 is 15.9 Å².